The Morgan fingerprint density at radius 2 is 1.90 bits per heavy atom. The number of anilines is 1. The molecule has 29 heavy (non-hydrogen) atoms. The van der Waals surface area contributed by atoms with Gasteiger partial charge in [-0.1, -0.05) is 40.5 Å². The molecule has 156 valence electrons. The predicted molar refractivity (Wildman–Crippen MR) is 118 cm³/mol. The lowest BCUT2D eigenvalue weighted by atomic mass is 9.94. The Morgan fingerprint density at radius 3 is 2.55 bits per heavy atom. The molecule has 0 radical (unpaired) electrons. The summed E-state index contributed by atoms with van der Waals surface area (Å²) in [6.07, 6.45) is -0.946. The number of hydrogen-bond donors (Lipinski definition) is 3. The van der Waals surface area contributed by atoms with Gasteiger partial charge in [0, 0.05) is 21.6 Å². The summed E-state index contributed by atoms with van der Waals surface area (Å²) in [6, 6.07) is 12.3. The molecular weight excluding hydrogens is 458 g/mol. The minimum atomic E-state index is -0.743. The highest BCUT2D eigenvalue weighted by Crippen LogP contribution is 2.36. The number of amides is 1. The summed E-state index contributed by atoms with van der Waals surface area (Å²) in [5, 5.41) is 13.0. The van der Waals surface area contributed by atoms with E-state index in [1.165, 1.54) is 6.07 Å². The number of benzene rings is 2. The highest BCUT2D eigenvalue weighted by Gasteiger charge is 2.27. The fraction of sp³-hybridized carbons (Fsp3) is 0.333. The van der Waals surface area contributed by atoms with E-state index in [2.05, 4.69) is 33.9 Å². The Balaban J connectivity index is 2.14. The van der Waals surface area contributed by atoms with Crippen molar-refractivity contribution >= 4 is 46.3 Å². The van der Waals surface area contributed by atoms with E-state index in [-0.39, 0.29) is 24.0 Å². The molecule has 0 aliphatic carbocycles. The number of phenolic OH excluding ortho intramolecular Hbond substituents is 1. The first kappa shape index (κ1) is 23.1. The average Bonchev–Trinajstić information content (AvgIpc) is 2.69. The Hall–Kier alpha value is -2.19. The Kier molecular flexibility index (Phi) is 8.85. The van der Waals surface area contributed by atoms with Crippen LogP contribution in [0.5, 0.6) is 5.75 Å². The van der Waals surface area contributed by atoms with Gasteiger partial charge in [0.05, 0.1) is 12.4 Å². The summed E-state index contributed by atoms with van der Waals surface area (Å²) < 4.78 is 11.5. The number of thiol groups is 1. The largest absolute Gasteiger partial charge is 0.508 e. The van der Waals surface area contributed by atoms with Crippen LogP contribution in [0.3, 0.4) is 0 Å². The summed E-state index contributed by atoms with van der Waals surface area (Å²) in [4.78, 5) is 23.8. The number of carbonyl (C=O) groups is 2. The van der Waals surface area contributed by atoms with Crippen LogP contribution in [-0.2, 0) is 14.3 Å². The van der Waals surface area contributed by atoms with Gasteiger partial charge in [-0.15, -0.1) is 0 Å². The summed E-state index contributed by atoms with van der Waals surface area (Å²) >= 11 is 7.25. The molecule has 2 aromatic carbocycles. The van der Waals surface area contributed by atoms with E-state index < -0.39 is 18.2 Å². The second-order valence-corrected chi connectivity index (χ2v) is 7.90. The molecule has 0 heterocycles. The third-order valence-electron chi connectivity index (χ3n) is 4.31. The zero-order chi connectivity index (χ0) is 21.4. The average molecular weight is 482 g/mol. The van der Waals surface area contributed by atoms with Gasteiger partial charge < -0.3 is 14.6 Å². The lowest BCUT2D eigenvalue weighted by Gasteiger charge is -2.25. The third-order valence-corrected chi connectivity index (χ3v) is 5.06. The summed E-state index contributed by atoms with van der Waals surface area (Å²) in [7, 11) is 0. The van der Waals surface area contributed by atoms with Crippen LogP contribution in [0.2, 0.25) is 0 Å². The van der Waals surface area contributed by atoms with Crippen LogP contribution in [0.25, 0.3) is 0 Å². The fourth-order valence-electron chi connectivity index (χ4n) is 2.69. The number of nitrogens with one attached hydrogen (secondary N) is 1. The van der Waals surface area contributed by atoms with Gasteiger partial charge in [-0.3, -0.25) is 10.1 Å². The van der Waals surface area contributed by atoms with Crippen LogP contribution in [0.4, 0.5) is 10.5 Å². The minimum Gasteiger partial charge on any atom is -0.508 e. The Morgan fingerprint density at radius 1 is 1.21 bits per heavy atom. The number of halogens is 1. The van der Waals surface area contributed by atoms with Crippen LogP contribution in [0.1, 0.15) is 30.6 Å². The predicted octanol–water partition coefficient (Wildman–Crippen LogP) is 5.25. The van der Waals surface area contributed by atoms with E-state index in [0.717, 1.165) is 10.0 Å². The number of ether oxygens (including phenoxy) is 2. The van der Waals surface area contributed by atoms with Gasteiger partial charge in [-0.05, 0) is 43.7 Å². The SMILES string of the molecule is Cc1ccc(NC(=O)O[C@H](c2cc(Br)ccc2O)[C@H](C)CCOC(=O)CS)cc1. The first-order valence-corrected chi connectivity index (χ1v) is 10.5. The molecule has 0 fully saturated rings. The Bertz CT molecular complexity index is 843. The minimum absolute atomic E-state index is 0.000312. The summed E-state index contributed by atoms with van der Waals surface area (Å²) in [6.45, 7) is 3.98. The van der Waals surface area contributed by atoms with E-state index in [1.807, 2.05) is 26.0 Å². The molecule has 8 heteroatoms. The monoisotopic (exact) mass is 481 g/mol. The molecule has 0 saturated carbocycles. The maximum atomic E-state index is 12.5. The second-order valence-electron chi connectivity index (χ2n) is 6.66. The molecule has 0 aromatic heterocycles. The van der Waals surface area contributed by atoms with E-state index in [0.29, 0.717) is 17.7 Å². The van der Waals surface area contributed by atoms with Crippen LogP contribution in [0, 0.1) is 12.8 Å². The highest BCUT2D eigenvalue weighted by atomic mass is 79.9. The standard InChI is InChI=1S/C21H24BrNO5S/c1-13-3-6-16(7-4-13)23-21(26)28-20(14(2)9-10-27-19(25)12-29)17-11-15(22)5-8-18(17)24/h3-8,11,14,20,24,29H,9-10,12H2,1-2H3,(H,23,26)/t14-,20+/m1/s1. The van der Waals surface area contributed by atoms with Gasteiger partial charge in [-0.25, -0.2) is 4.79 Å². The highest BCUT2D eigenvalue weighted by molar-refractivity contribution is 9.10. The van der Waals surface area contributed by atoms with Crippen molar-refractivity contribution in [1.82, 2.24) is 0 Å². The number of esters is 1. The molecule has 1 amide bonds. The molecule has 0 aliphatic rings. The van der Waals surface area contributed by atoms with Gasteiger partial charge in [-0.2, -0.15) is 12.6 Å². The molecule has 0 unspecified atom stereocenters. The molecule has 0 bridgehead atoms. The lowest BCUT2D eigenvalue weighted by Crippen LogP contribution is -2.23. The van der Waals surface area contributed by atoms with Crippen LogP contribution >= 0.6 is 28.6 Å². The van der Waals surface area contributed by atoms with Crippen molar-refractivity contribution in [3.05, 3.63) is 58.1 Å². The van der Waals surface area contributed by atoms with E-state index >= 15 is 0 Å². The van der Waals surface area contributed by atoms with Crippen LogP contribution in [-0.4, -0.2) is 29.5 Å². The van der Waals surface area contributed by atoms with Crippen molar-refractivity contribution in [2.24, 2.45) is 5.92 Å². The molecule has 6 nitrogen and oxygen atoms in total. The van der Waals surface area contributed by atoms with Crippen LogP contribution < -0.4 is 5.32 Å². The molecule has 0 saturated heterocycles. The summed E-state index contributed by atoms with van der Waals surface area (Å²) in [5.41, 5.74) is 2.14. The van der Waals surface area contributed by atoms with E-state index in [9.17, 15) is 14.7 Å². The molecule has 2 atom stereocenters. The van der Waals surface area contributed by atoms with E-state index in [1.54, 1.807) is 24.3 Å². The quantitative estimate of drug-likeness (QED) is 0.354. The summed E-state index contributed by atoms with van der Waals surface area (Å²) in [5.74, 6) is -0.632. The lowest BCUT2D eigenvalue weighted by molar-refractivity contribution is -0.141. The fourth-order valence-corrected chi connectivity index (χ4v) is 3.16. The first-order chi connectivity index (χ1) is 13.8. The number of aryl methyl sites for hydroxylation is 1. The van der Waals surface area contributed by atoms with Crippen molar-refractivity contribution in [2.75, 3.05) is 17.7 Å². The molecular formula is C21H24BrNO5S. The third kappa shape index (κ3) is 7.29. The number of rotatable bonds is 8. The van der Waals surface area contributed by atoms with Gasteiger partial charge in [0.2, 0.25) is 0 Å². The van der Waals surface area contributed by atoms with Crippen molar-refractivity contribution in [1.29, 1.82) is 0 Å². The van der Waals surface area contributed by atoms with E-state index in [4.69, 9.17) is 9.47 Å². The Labute approximate surface area is 184 Å². The molecule has 0 spiro atoms. The maximum absolute atomic E-state index is 12.5. The zero-order valence-corrected chi connectivity index (χ0v) is 18.7. The molecule has 2 rings (SSSR count). The maximum Gasteiger partial charge on any atom is 0.412 e. The normalized spacial score (nSPS) is 12.7. The van der Waals surface area contributed by atoms with Gasteiger partial charge in [0.1, 0.15) is 11.9 Å². The second kappa shape index (κ2) is 11.1. The van der Waals surface area contributed by atoms with Crippen LogP contribution in [0.15, 0.2) is 46.9 Å². The van der Waals surface area contributed by atoms with Gasteiger partial charge in [0.15, 0.2) is 0 Å². The van der Waals surface area contributed by atoms with Crippen molar-refractivity contribution in [3.63, 3.8) is 0 Å². The van der Waals surface area contributed by atoms with Gasteiger partial charge >= 0.3 is 12.1 Å². The smallest absolute Gasteiger partial charge is 0.412 e. The van der Waals surface area contributed by atoms with Crippen molar-refractivity contribution in [3.8, 4) is 5.75 Å². The number of aromatic hydroxyl groups is 1. The number of hydrogen-bond acceptors (Lipinski definition) is 6. The molecule has 0 aliphatic heterocycles. The first-order valence-electron chi connectivity index (χ1n) is 9.09. The van der Waals surface area contributed by atoms with Crippen molar-refractivity contribution < 1.29 is 24.2 Å². The molecule has 2 aromatic rings. The number of phenols is 1. The topological polar surface area (TPSA) is 84.9 Å². The zero-order valence-electron chi connectivity index (χ0n) is 16.2. The molecule has 2 N–H and O–H groups in total. The number of carbonyl (C=O) groups excluding carboxylic acids is 2. The van der Waals surface area contributed by atoms with Crippen molar-refractivity contribution in [2.45, 2.75) is 26.4 Å². The van der Waals surface area contributed by atoms with Gasteiger partial charge in [0.25, 0.3) is 0 Å².